The van der Waals surface area contributed by atoms with Crippen LogP contribution in [0.25, 0.3) is 22.2 Å². The van der Waals surface area contributed by atoms with Gasteiger partial charge in [-0.3, -0.25) is 4.98 Å². The van der Waals surface area contributed by atoms with Crippen molar-refractivity contribution in [3.63, 3.8) is 0 Å². The van der Waals surface area contributed by atoms with Crippen molar-refractivity contribution in [2.24, 2.45) is 0 Å². The Morgan fingerprint density at radius 3 is 2.80 bits per heavy atom. The highest BCUT2D eigenvalue weighted by atomic mass is 16.5. The molecule has 2 saturated heterocycles. The summed E-state index contributed by atoms with van der Waals surface area (Å²) in [7, 11) is 2.25. The molecule has 2 unspecified atom stereocenters. The van der Waals surface area contributed by atoms with E-state index in [0.29, 0.717) is 18.0 Å². The Kier molecular flexibility index (Phi) is 3.48. The van der Waals surface area contributed by atoms with E-state index in [9.17, 15) is 0 Å². The van der Waals surface area contributed by atoms with Gasteiger partial charge in [0.2, 0.25) is 5.88 Å². The molecule has 5 rings (SSSR count). The average molecular weight is 334 g/mol. The number of benzene rings is 1. The summed E-state index contributed by atoms with van der Waals surface area (Å²) in [4.78, 5) is 14.8. The van der Waals surface area contributed by atoms with Crippen LogP contribution in [0.1, 0.15) is 25.7 Å². The second-order valence-corrected chi connectivity index (χ2v) is 7.28. The number of rotatable bonds is 3. The summed E-state index contributed by atoms with van der Waals surface area (Å²) in [5.74, 6) is 0.639. The van der Waals surface area contributed by atoms with Crippen LogP contribution in [0.3, 0.4) is 0 Å². The Balaban J connectivity index is 1.38. The van der Waals surface area contributed by atoms with E-state index in [2.05, 4.69) is 46.2 Å². The van der Waals surface area contributed by atoms with Gasteiger partial charge in [-0.2, -0.15) is 0 Å². The van der Waals surface area contributed by atoms with E-state index in [0.717, 1.165) is 29.6 Å². The van der Waals surface area contributed by atoms with Gasteiger partial charge >= 0.3 is 0 Å². The second-order valence-electron chi connectivity index (χ2n) is 7.28. The fourth-order valence-corrected chi connectivity index (χ4v) is 4.39. The summed E-state index contributed by atoms with van der Waals surface area (Å²) in [6.45, 7) is 0. The maximum atomic E-state index is 6.21. The minimum Gasteiger partial charge on any atom is -0.473 e. The molecule has 2 aliphatic heterocycles. The molecule has 2 bridgehead atoms. The molecular formula is C20H22N4O. The SMILES string of the molecule is CN1C2CCC1CC(Oc1cncc(-c3ccc4[nH]ccc4c3)n1)C2. The van der Waals surface area contributed by atoms with Crippen LogP contribution < -0.4 is 4.74 Å². The Bertz CT molecular complexity index is 891. The van der Waals surface area contributed by atoms with Gasteiger partial charge in [-0.1, -0.05) is 6.07 Å². The van der Waals surface area contributed by atoms with Crippen molar-refractivity contribution >= 4 is 10.9 Å². The first-order valence-corrected chi connectivity index (χ1v) is 9.04. The van der Waals surface area contributed by atoms with E-state index in [1.54, 1.807) is 12.4 Å². The summed E-state index contributed by atoms with van der Waals surface area (Å²) in [6.07, 6.45) is 10.5. The number of aromatic amines is 1. The fraction of sp³-hybridized carbons (Fsp3) is 0.400. The zero-order valence-electron chi connectivity index (χ0n) is 14.4. The molecule has 0 amide bonds. The lowest BCUT2D eigenvalue weighted by Crippen LogP contribution is -2.43. The van der Waals surface area contributed by atoms with Gasteiger partial charge in [0, 0.05) is 34.7 Å². The van der Waals surface area contributed by atoms with Gasteiger partial charge in [-0.15, -0.1) is 0 Å². The van der Waals surface area contributed by atoms with Gasteiger partial charge in [0.05, 0.1) is 18.1 Å². The Morgan fingerprint density at radius 2 is 1.96 bits per heavy atom. The standard InChI is InChI=1S/C20H22N4O/c1-24-15-3-4-16(24)10-17(9-15)25-20-12-21-11-19(23-20)13-2-5-18-14(8-13)6-7-22-18/h2,5-8,11-12,15-17,22H,3-4,9-10H2,1H3. The first-order valence-electron chi connectivity index (χ1n) is 9.04. The maximum absolute atomic E-state index is 6.21. The molecule has 0 aliphatic carbocycles. The normalized spacial score (nSPS) is 26.2. The van der Waals surface area contributed by atoms with Crippen LogP contribution in [0.15, 0.2) is 42.9 Å². The molecule has 2 atom stereocenters. The molecule has 2 aromatic heterocycles. The summed E-state index contributed by atoms with van der Waals surface area (Å²) in [5, 5.41) is 1.18. The quantitative estimate of drug-likeness (QED) is 0.795. The molecule has 2 aliphatic rings. The third kappa shape index (κ3) is 2.68. The molecule has 5 heteroatoms. The molecule has 1 aromatic carbocycles. The third-order valence-corrected chi connectivity index (χ3v) is 5.80. The van der Waals surface area contributed by atoms with Gasteiger partial charge in [-0.25, -0.2) is 4.98 Å². The lowest BCUT2D eigenvalue weighted by molar-refractivity contribution is 0.0631. The van der Waals surface area contributed by atoms with E-state index < -0.39 is 0 Å². The third-order valence-electron chi connectivity index (χ3n) is 5.80. The molecule has 0 saturated carbocycles. The highest BCUT2D eigenvalue weighted by Gasteiger charge is 2.39. The van der Waals surface area contributed by atoms with Crippen LogP contribution in [0.2, 0.25) is 0 Å². The van der Waals surface area contributed by atoms with Crippen molar-refractivity contribution in [1.82, 2.24) is 19.9 Å². The minimum atomic E-state index is 0.255. The maximum Gasteiger partial charge on any atom is 0.233 e. The number of ether oxygens (including phenoxy) is 1. The van der Waals surface area contributed by atoms with Crippen molar-refractivity contribution in [3.8, 4) is 17.1 Å². The van der Waals surface area contributed by atoms with Crippen molar-refractivity contribution in [2.75, 3.05) is 7.05 Å². The smallest absolute Gasteiger partial charge is 0.233 e. The largest absolute Gasteiger partial charge is 0.473 e. The molecule has 0 radical (unpaired) electrons. The number of hydrogen-bond donors (Lipinski definition) is 1. The predicted molar refractivity (Wildman–Crippen MR) is 97.5 cm³/mol. The predicted octanol–water partition coefficient (Wildman–Crippen LogP) is 3.63. The highest BCUT2D eigenvalue weighted by molar-refractivity contribution is 5.84. The van der Waals surface area contributed by atoms with Crippen molar-refractivity contribution in [3.05, 3.63) is 42.9 Å². The number of aromatic nitrogens is 3. The topological polar surface area (TPSA) is 54.0 Å². The van der Waals surface area contributed by atoms with Crippen LogP contribution in [0.5, 0.6) is 5.88 Å². The molecule has 4 heterocycles. The number of H-pyrrole nitrogens is 1. The van der Waals surface area contributed by atoms with E-state index in [1.807, 2.05) is 6.20 Å². The lowest BCUT2D eigenvalue weighted by atomic mass is 10.0. The number of nitrogens with one attached hydrogen (secondary N) is 1. The van der Waals surface area contributed by atoms with Crippen LogP contribution in [0, 0.1) is 0 Å². The zero-order valence-corrected chi connectivity index (χ0v) is 14.4. The van der Waals surface area contributed by atoms with Crippen molar-refractivity contribution < 1.29 is 4.74 Å². The molecule has 128 valence electrons. The lowest BCUT2D eigenvalue weighted by Gasteiger charge is -2.35. The molecule has 1 N–H and O–H groups in total. The minimum absolute atomic E-state index is 0.255. The van der Waals surface area contributed by atoms with E-state index in [-0.39, 0.29) is 6.10 Å². The molecule has 25 heavy (non-hydrogen) atoms. The van der Waals surface area contributed by atoms with Crippen LogP contribution >= 0.6 is 0 Å². The van der Waals surface area contributed by atoms with Crippen molar-refractivity contribution in [1.29, 1.82) is 0 Å². The monoisotopic (exact) mass is 334 g/mol. The average Bonchev–Trinajstić information content (AvgIpc) is 3.16. The first-order chi connectivity index (χ1) is 12.3. The number of piperidine rings is 1. The van der Waals surface area contributed by atoms with E-state index in [1.165, 1.54) is 18.2 Å². The molecule has 3 aromatic rings. The highest BCUT2D eigenvalue weighted by Crippen LogP contribution is 2.35. The Labute approximate surface area is 147 Å². The molecule has 5 nitrogen and oxygen atoms in total. The van der Waals surface area contributed by atoms with Gasteiger partial charge in [-0.05, 0) is 50.9 Å². The molecule has 0 spiro atoms. The summed E-state index contributed by atoms with van der Waals surface area (Å²) >= 11 is 0. The number of fused-ring (bicyclic) bond motifs is 3. The first kappa shape index (κ1) is 14.9. The summed E-state index contributed by atoms with van der Waals surface area (Å²) in [6, 6.07) is 9.68. The number of nitrogens with zero attached hydrogens (tertiary/aromatic N) is 3. The summed E-state index contributed by atoms with van der Waals surface area (Å²) < 4.78 is 6.21. The molecular weight excluding hydrogens is 312 g/mol. The Hall–Kier alpha value is -2.40. The van der Waals surface area contributed by atoms with Crippen molar-refractivity contribution in [2.45, 2.75) is 43.9 Å². The van der Waals surface area contributed by atoms with Gasteiger partial charge in [0.1, 0.15) is 6.10 Å². The second kappa shape index (κ2) is 5.85. The van der Waals surface area contributed by atoms with Gasteiger partial charge in [0.15, 0.2) is 0 Å². The fourth-order valence-electron chi connectivity index (χ4n) is 4.39. The van der Waals surface area contributed by atoms with Gasteiger partial charge < -0.3 is 14.6 Å². The number of hydrogen-bond acceptors (Lipinski definition) is 4. The summed E-state index contributed by atoms with van der Waals surface area (Å²) in [5.41, 5.74) is 3.05. The van der Waals surface area contributed by atoms with Crippen LogP contribution in [0.4, 0.5) is 0 Å². The van der Waals surface area contributed by atoms with Gasteiger partial charge in [0.25, 0.3) is 0 Å². The van der Waals surface area contributed by atoms with Crippen LogP contribution in [-0.2, 0) is 0 Å². The Morgan fingerprint density at radius 1 is 1.12 bits per heavy atom. The molecule has 2 fully saturated rings. The van der Waals surface area contributed by atoms with E-state index in [4.69, 9.17) is 9.72 Å². The van der Waals surface area contributed by atoms with E-state index >= 15 is 0 Å². The zero-order chi connectivity index (χ0) is 16.8. The van der Waals surface area contributed by atoms with Crippen LogP contribution in [-0.4, -0.2) is 45.1 Å².